The number of benzene rings is 1. The molecule has 4 rings (SSSR count). The van der Waals surface area contributed by atoms with E-state index in [2.05, 4.69) is 4.90 Å². The van der Waals surface area contributed by atoms with Gasteiger partial charge in [0.05, 0.1) is 6.10 Å². The second-order valence-corrected chi connectivity index (χ2v) is 7.13. The number of aromatic nitrogens is 1. The summed E-state index contributed by atoms with van der Waals surface area (Å²) in [5.41, 5.74) is 1.79. The quantitative estimate of drug-likeness (QED) is 0.906. The van der Waals surface area contributed by atoms with E-state index in [4.69, 9.17) is 0 Å². The molecular weight excluding hydrogens is 314 g/mol. The molecule has 1 amide bonds. The van der Waals surface area contributed by atoms with Crippen LogP contribution in [-0.4, -0.2) is 64.2 Å². The number of amides is 1. The fourth-order valence-corrected chi connectivity index (χ4v) is 3.49. The first kappa shape index (κ1) is 16.4. The molecule has 0 radical (unpaired) electrons. The molecule has 2 aliphatic rings. The molecule has 25 heavy (non-hydrogen) atoms. The van der Waals surface area contributed by atoms with E-state index < -0.39 is 0 Å². The van der Waals surface area contributed by atoms with Gasteiger partial charge in [0.25, 0.3) is 5.91 Å². The van der Waals surface area contributed by atoms with Crippen LogP contribution in [0.5, 0.6) is 0 Å². The van der Waals surface area contributed by atoms with Crippen molar-refractivity contribution in [2.75, 3.05) is 32.7 Å². The second-order valence-electron chi connectivity index (χ2n) is 7.13. The maximum absolute atomic E-state index is 12.7. The number of β-amino-alcohol motifs (C(OH)–C–C–N with tert-alkyl or cyclic N) is 1. The van der Waals surface area contributed by atoms with E-state index in [-0.39, 0.29) is 12.0 Å². The van der Waals surface area contributed by atoms with E-state index >= 15 is 0 Å². The molecule has 5 nitrogen and oxygen atoms in total. The lowest BCUT2D eigenvalue weighted by atomic mass is 10.1. The van der Waals surface area contributed by atoms with Gasteiger partial charge in [0.2, 0.25) is 0 Å². The number of hydrogen-bond donors (Lipinski definition) is 1. The largest absolute Gasteiger partial charge is 0.392 e. The van der Waals surface area contributed by atoms with E-state index in [1.54, 1.807) is 0 Å². The van der Waals surface area contributed by atoms with Gasteiger partial charge in [-0.25, -0.2) is 0 Å². The van der Waals surface area contributed by atoms with Crippen LogP contribution in [0, 0.1) is 5.92 Å². The lowest BCUT2D eigenvalue weighted by Gasteiger charge is -2.35. The van der Waals surface area contributed by atoms with Crippen molar-refractivity contribution in [1.82, 2.24) is 14.4 Å². The summed E-state index contributed by atoms with van der Waals surface area (Å²) in [6.45, 7) is 3.90. The van der Waals surface area contributed by atoms with Gasteiger partial charge in [-0.05, 0) is 55.2 Å². The minimum absolute atomic E-state index is 0.0986. The highest BCUT2D eigenvalue weighted by Crippen LogP contribution is 2.32. The normalized spacial score (nSPS) is 19.8. The van der Waals surface area contributed by atoms with Crippen molar-refractivity contribution in [3.8, 4) is 5.69 Å². The Morgan fingerprint density at radius 2 is 1.68 bits per heavy atom. The predicted molar refractivity (Wildman–Crippen MR) is 96.8 cm³/mol. The van der Waals surface area contributed by atoms with Gasteiger partial charge < -0.3 is 14.6 Å². The third kappa shape index (κ3) is 3.78. The van der Waals surface area contributed by atoms with Crippen LogP contribution in [0.2, 0.25) is 0 Å². The second kappa shape index (κ2) is 7.02. The molecule has 0 bridgehead atoms. The van der Waals surface area contributed by atoms with Crippen LogP contribution in [0.4, 0.5) is 0 Å². The molecule has 1 aromatic heterocycles. The molecule has 2 heterocycles. The number of nitrogens with zero attached hydrogens (tertiary/aromatic N) is 3. The lowest BCUT2D eigenvalue weighted by Crippen LogP contribution is -2.50. The number of aliphatic hydroxyl groups excluding tert-OH is 1. The van der Waals surface area contributed by atoms with Crippen molar-refractivity contribution in [1.29, 1.82) is 0 Å². The minimum Gasteiger partial charge on any atom is -0.392 e. The molecule has 1 saturated carbocycles. The molecule has 1 unspecified atom stereocenters. The monoisotopic (exact) mass is 339 g/mol. The van der Waals surface area contributed by atoms with E-state index in [0.717, 1.165) is 44.0 Å². The van der Waals surface area contributed by atoms with Gasteiger partial charge in [-0.15, -0.1) is 0 Å². The Balaban J connectivity index is 1.32. The molecule has 2 fully saturated rings. The summed E-state index contributed by atoms with van der Waals surface area (Å²) >= 11 is 0. The molecule has 1 saturated heterocycles. The third-order valence-electron chi connectivity index (χ3n) is 5.29. The minimum atomic E-state index is -0.191. The first-order chi connectivity index (χ1) is 12.2. The van der Waals surface area contributed by atoms with Crippen LogP contribution in [-0.2, 0) is 0 Å². The van der Waals surface area contributed by atoms with Crippen molar-refractivity contribution < 1.29 is 9.90 Å². The van der Waals surface area contributed by atoms with Gasteiger partial charge >= 0.3 is 0 Å². The zero-order chi connectivity index (χ0) is 17.2. The Morgan fingerprint density at radius 3 is 2.28 bits per heavy atom. The number of piperazine rings is 1. The zero-order valence-electron chi connectivity index (χ0n) is 14.4. The summed E-state index contributed by atoms with van der Waals surface area (Å²) in [7, 11) is 0. The van der Waals surface area contributed by atoms with Crippen LogP contribution < -0.4 is 0 Å². The van der Waals surface area contributed by atoms with Gasteiger partial charge in [0, 0.05) is 56.4 Å². The van der Waals surface area contributed by atoms with Crippen LogP contribution in [0.15, 0.2) is 48.8 Å². The predicted octanol–water partition coefficient (Wildman–Crippen LogP) is 2.01. The first-order valence-electron chi connectivity index (χ1n) is 9.14. The lowest BCUT2D eigenvalue weighted by molar-refractivity contribution is 0.0488. The Hall–Kier alpha value is -2.11. The molecule has 132 valence electrons. The van der Waals surface area contributed by atoms with E-state index in [1.807, 2.05) is 58.3 Å². The van der Waals surface area contributed by atoms with Crippen LogP contribution in [0.3, 0.4) is 0 Å². The first-order valence-corrected chi connectivity index (χ1v) is 9.14. The Bertz CT molecular complexity index is 699. The average Bonchev–Trinajstić information content (AvgIpc) is 3.37. The third-order valence-corrected chi connectivity index (χ3v) is 5.29. The fraction of sp³-hybridized carbons (Fsp3) is 0.450. The Morgan fingerprint density at radius 1 is 1.04 bits per heavy atom. The van der Waals surface area contributed by atoms with Crippen molar-refractivity contribution in [3.05, 3.63) is 54.4 Å². The summed E-state index contributed by atoms with van der Waals surface area (Å²) in [5.74, 6) is 0.611. The zero-order valence-corrected chi connectivity index (χ0v) is 14.4. The highest BCUT2D eigenvalue weighted by Gasteiger charge is 2.32. The van der Waals surface area contributed by atoms with Crippen LogP contribution in [0.25, 0.3) is 5.69 Å². The van der Waals surface area contributed by atoms with E-state index in [9.17, 15) is 9.90 Å². The summed E-state index contributed by atoms with van der Waals surface area (Å²) in [4.78, 5) is 16.9. The average molecular weight is 339 g/mol. The number of carbonyl (C=O) groups excluding carboxylic acids is 1. The Kier molecular flexibility index (Phi) is 4.59. The molecular formula is C20H25N3O2. The molecule has 1 aliphatic carbocycles. The number of aliphatic hydroxyl groups is 1. The van der Waals surface area contributed by atoms with E-state index in [0.29, 0.717) is 5.92 Å². The maximum Gasteiger partial charge on any atom is 0.253 e. The highest BCUT2D eigenvalue weighted by molar-refractivity contribution is 5.94. The number of rotatable bonds is 5. The fourth-order valence-electron chi connectivity index (χ4n) is 3.49. The van der Waals surface area contributed by atoms with Gasteiger partial charge in [0.15, 0.2) is 0 Å². The SMILES string of the molecule is O=C(c1ccc(-n2cccc2)cc1)N1CCN(CC(O)C2CC2)CC1. The Labute approximate surface area is 148 Å². The van der Waals surface area contributed by atoms with Crippen molar-refractivity contribution in [2.24, 2.45) is 5.92 Å². The number of hydrogen-bond acceptors (Lipinski definition) is 3. The van der Waals surface area contributed by atoms with Gasteiger partial charge in [-0.2, -0.15) is 0 Å². The van der Waals surface area contributed by atoms with Crippen LogP contribution in [0.1, 0.15) is 23.2 Å². The standard InChI is InChI=1S/C20H25N3O2/c24-19(16-3-4-16)15-21-11-13-23(14-12-21)20(25)17-5-7-18(8-6-17)22-9-1-2-10-22/h1-2,5-10,16,19,24H,3-4,11-15H2. The van der Waals surface area contributed by atoms with Gasteiger partial charge in [0.1, 0.15) is 0 Å². The molecule has 1 atom stereocenters. The van der Waals surface area contributed by atoms with Gasteiger partial charge in [-0.3, -0.25) is 9.69 Å². The summed E-state index contributed by atoms with van der Waals surface area (Å²) in [5, 5.41) is 10.1. The van der Waals surface area contributed by atoms with Crippen LogP contribution >= 0.6 is 0 Å². The van der Waals surface area contributed by atoms with Crippen molar-refractivity contribution in [3.63, 3.8) is 0 Å². The maximum atomic E-state index is 12.7. The molecule has 5 heteroatoms. The summed E-state index contributed by atoms with van der Waals surface area (Å²) < 4.78 is 2.03. The van der Waals surface area contributed by atoms with Crippen molar-refractivity contribution in [2.45, 2.75) is 18.9 Å². The molecule has 1 N–H and O–H groups in total. The molecule has 0 spiro atoms. The van der Waals surface area contributed by atoms with Gasteiger partial charge in [-0.1, -0.05) is 0 Å². The molecule has 1 aromatic carbocycles. The number of carbonyl (C=O) groups is 1. The molecule has 2 aromatic rings. The summed E-state index contributed by atoms with van der Waals surface area (Å²) in [6, 6.07) is 11.7. The summed E-state index contributed by atoms with van der Waals surface area (Å²) in [6.07, 6.45) is 6.12. The van der Waals surface area contributed by atoms with E-state index in [1.165, 1.54) is 12.8 Å². The highest BCUT2D eigenvalue weighted by atomic mass is 16.3. The smallest absolute Gasteiger partial charge is 0.253 e. The van der Waals surface area contributed by atoms with Crippen molar-refractivity contribution >= 4 is 5.91 Å². The molecule has 1 aliphatic heterocycles. The topological polar surface area (TPSA) is 48.7 Å².